The van der Waals surface area contributed by atoms with E-state index in [1.54, 1.807) is 6.07 Å². The lowest BCUT2D eigenvalue weighted by Gasteiger charge is -1.96. The maximum atomic E-state index is 12.1. The van der Waals surface area contributed by atoms with E-state index in [1.807, 2.05) is 31.2 Å². The van der Waals surface area contributed by atoms with E-state index < -0.39 is 0 Å². The molecule has 96 valence electrons. The number of nitrogens with two attached hydrogens (primary N) is 1. The fraction of sp³-hybridized carbons (Fsp3) is 0.0769. The number of amides is 1. The minimum Gasteiger partial charge on any atom is -0.398 e. The molecule has 1 amide bonds. The molecule has 2 heterocycles. The number of anilines is 2. The van der Waals surface area contributed by atoms with Gasteiger partial charge in [-0.25, -0.2) is 4.98 Å². The minimum absolute atomic E-state index is 0.163. The Bertz CT molecular complexity index is 708. The van der Waals surface area contributed by atoms with Crippen LogP contribution in [0.15, 0.2) is 30.3 Å². The van der Waals surface area contributed by atoms with Crippen molar-refractivity contribution in [2.45, 2.75) is 6.92 Å². The first-order valence-electron chi connectivity index (χ1n) is 5.66. The first-order chi connectivity index (χ1) is 9.13. The monoisotopic (exact) mass is 289 g/mol. The van der Waals surface area contributed by atoms with Crippen LogP contribution in [0.25, 0.3) is 10.2 Å². The Kier molecular flexibility index (Phi) is 2.96. The Balaban J connectivity index is 1.86. The molecule has 0 aliphatic carbocycles. The van der Waals surface area contributed by atoms with Gasteiger partial charge in [-0.2, -0.15) is 0 Å². The van der Waals surface area contributed by atoms with E-state index in [1.165, 1.54) is 22.7 Å². The van der Waals surface area contributed by atoms with Crippen molar-refractivity contribution in [1.82, 2.24) is 4.98 Å². The predicted octanol–water partition coefficient (Wildman–Crippen LogP) is 3.50. The van der Waals surface area contributed by atoms with Gasteiger partial charge < -0.3 is 5.73 Å². The number of thiazole rings is 1. The van der Waals surface area contributed by atoms with Gasteiger partial charge in [0.2, 0.25) is 0 Å². The van der Waals surface area contributed by atoms with Crippen LogP contribution in [0.3, 0.4) is 0 Å². The first-order valence-corrected chi connectivity index (χ1v) is 7.29. The van der Waals surface area contributed by atoms with Gasteiger partial charge in [0, 0.05) is 10.6 Å². The molecule has 0 atom stereocenters. The second kappa shape index (κ2) is 4.64. The number of rotatable bonds is 2. The van der Waals surface area contributed by atoms with Crippen molar-refractivity contribution in [2.24, 2.45) is 0 Å². The standard InChI is InChI=1S/C13H11N3OS2/c1-7-8(14)6-11(18-7)12(17)16-13-15-9-4-2-3-5-10(9)19-13/h2-6H,14H2,1H3,(H,15,16,17). The van der Waals surface area contributed by atoms with Gasteiger partial charge in [0.15, 0.2) is 5.13 Å². The molecule has 3 N–H and O–H groups in total. The molecule has 3 rings (SSSR count). The summed E-state index contributed by atoms with van der Waals surface area (Å²) in [6.45, 7) is 1.90. The van der Waals surface area contributed by atoms with Crippen molar-refractivity contribution in [3.63, 3.8) is 0 Å². The third-order valence-corrected chi connectivity index (χ3v) is 4.71. The Morgan fingerprint density at radius 2 is 2.11 bits per heavy atom. The summed E-state index contributed by atoms with van der Waals surface area (Å²) in [5.74, 6) is -0.163. The number of hydrogen-bond donors (Lipinski definition) is 2. The van der Waals surface area contributed by atoms with Gasteiger partial charge in [0.05, 0.1) is 15.1 Å². The third-order valence-electron chi connectivity index (χ3n) is 2.69. The van der Waals surface area contributed by atoms with E-state index in [9.17, 15) is 4.79 Å². The maximum Gasteiger partial charge on any atom is 0.267 e. The molecule has 0 unspecified atom stereocenters. The SMILES string of the molecule is Cc1sc(C(=O)Nc2nc3ccccc3s2)cc1N. The largest absolute Gasteiger partial charge is 0.398 e. The number of nitrogen functional groups attached to an aromatic ring is 1. The number of hydrogen-bond acceptors (Lipinski definition) is 5. The molecule has 0 spiro atoms. The van der Waals surface area contributed by atoms with Gasteiger partial charge >= 0.3 is 0 Å². The highest BCUT2D eigenvalue weighted by Crippen LogP contribution is 2.28. The number of carbonyl (C=O) groups excluding carboxylic acids is 1. The van der Waals surface area contributed by atoms with Crippen LogP contribution in [0.5, 0.6) is 0 Å². The molecule has 19 heavy (non-hydrogen) atoms. The summed E-state index contributed by atoms with van der Waals surface area (Å²) < 4.78 is 1.06. The van der Waals surface area contributed by atoms with E-state index in [4.69, 9.17) is 5.73 Å². The Labute approximate surface area is 117 Å². The molecule has 0 saturated heterocycles. The van der Waals surface area contributed by atoms with Gasteiger partial charge in [0.1, 0.15) is 0 Å². The minimum atomic E-state index is -0.163. The Morgan fingerprint density at radius 1 is 1.32 bits per heavy atom. The number of benzene rings is 1. The summed E-state index contributed by atoms with van der Waals surface area (Å²) in [6.07, 6.45) is 0. The molecular weight excluding hydrogens is 278 g/mol. The van der Waals surface area contributed by atoms with E-state index in [0.717, 1.165) is 15.1 Å². The highest BCUT2D eigenvalue weighted by atomic mass is 32.1. The van der Waals surface area contributed by atoms with E-state index >= 15 is 0 Å². The van der Waals surface area contributed by atoms with E-state index in [-0.39, 0.29) is 5.91 Å². The van der Waals surface area contributed by atoms with E-state index in [2.05, 4.69) is 10.3 Å². The quantitative estimate of drug-likeness (QED) is 0.758. The van der Waals surface area contributed by atoms with Crippen LogP contribution in [0, 0.1) is 6.92 Å². The fourth-order valence-electron chi connectivity index (χ4n) is 1.69. The van der Waals surface area contributed by atoms with Crippen LogP contribution in [0.2, 0.25) is 0 Å². The zero-order chi connectivity index (χ0) is 13.4. The molecule has 4 nitrogen and oxygen atoms in total. The fourth-order valence-corrected chi connectivity index (χ4v) is 3.39. The van der Waals surface area contributed by atoms with Crippen LogP contribution in [0.4, 0.5) is 10.8 Å². The van der Waals surface area contributed by atoms with Crippen molar-refractivity contribution in [1.29, 1.82) is 0 Å². The molecular formula is C13H11N3OS2. The first kappa shape index (κ1) is 12.1. The van der Waals surface area contributed by atoms with Crippen molar-refractivity contribution in [3.05, 3.63) is 40.1 Å². The lowest BCUT2D eigenvalue weighted by molar-refractivity contribution is 0.103. The van der Waals surface area contributed by atoms with Crippen LogP contribution in [0.1, 0.15) is 14.5 Å². The molecule has 0 aliphatic rings. The van der Waals surface area contributed by atoms with Crippen molar-refractivity contribution < 1.29 is 4.79 Å². The van der Waals surface area contributed by atoms with Crippen LogP contribution >= 0.6 is 22.7 Å². The summed E-state index contributed by atoms with van der Waals surface area (Å²) in [7, 11) is 0. The van der Waals surface area contributed by atoms with Crippen LogP contribution in [-0.2, 0) is 0 Å². The average molecular weight is 289 g/mol. The average Bonchev–Trinajstić information content (AvgIpc) is 2.93. The molecule has 3 aromatic rings. The van der Waals surface area contributed by atoms with Crippen LogP contribution in [-0.4, -0.2) is 10.9 Å². The summed E-state index contributed by atoms with van der Waals surface area (Å²) in [4.78, 5) is 18.0. The van der Waals surface area contributed by atoms with Crippen molar-refractivity contribution in [2.75, 3.05) is 11.1 Å². The van der Waals surface area contributed by atoms with Gasteiger partial charge in [0.25, 0.3) is 5.91 Å². The molecule has 0 aliphatic heterocycles. The third kappa shape index (κ3) is 2.32. The topological polar surface area (TPSA) is 68.0 Å². The number of nitrogens with one attached hydrogen (secondary N) is 1. The molecule has 1 aromatic carbocycles. The number of carbonyl (C=O) groups is 1. The number of nitrogens with zero attached hydrogens (tertiary/aromatic N) is 1. The lowest BCUT2D eigenvalue weighted by atomic mass is 10.3. The second-order valence-electron chi connectivity index (χ2n) is 4.06. The number of para-hydroxylation sites is 1. The zero-order valence-corrected chi connectivity index (χ0v) is 11.8. The smallest absolute Gasteiger partial charge is 0.267 e. The zero-order valence-electron chi connectivity index (χ0n) is 10.1. The lowest BCUT2D eigenvalue weighted by Crippen LogP contribution is -2.09. The molecule has 2 aromatic heterocycles. The maximum absolute atomic E-state index is 12.1. The highest BCUT2D eigenvalue weighted by molar-refractivity contribution is 7.22. The van der Waals surface area contributed by atoms with Gasteiger partial charge in [-0.1, -0.05) is 23.5 Å². The van der Waals surface area contributed by atoms with Gasteiger partial charge in [-0.05, 0) is 25.1 Å². The Morgan fingerprint density at radius 3 is 2.79 bits per heavy atom. The van der Waals surface area contributed by atoms with Gasteiger partial charge in [-0.15, -0.1) is 11.3 Å². The second-order valence-corrected chi connectivity index (χ2v) is 6.35. The van der Waals surface area contributed by atoms with Crippen molar-refractivity contribution in [3.8, 4) is 0 Å². The molecule has 6 heteroatoms. The summed E-state index contributed by atoms with van der Waals surface area (Å²) in [5, 5.41) is 3.42. The number of aromatic nitrogens is 1. The molecule has 0 saturated carbocycles. The van der Waals surface area contributed by atoms with Crippen molar-refractivity contribution >= 4 is 49.6 Å². The van der Waals surface area contributed by atoms with Gasteiger partial charge in [-0.3, -0.25) is 10.1 Å². The number of fused-ring (bicyclic) bond motifs is 1. The number of aryl methyl sites for hydroxylation is 1. The predicted molar refractivity (Wildman–Crippen MR) is 81.0 cm³/mol. The van der Waals surface area contributed by atoms with E-state index in [0.29, 0.717) is 15.7 Å². The molecule has 0 bridgehead atoms. The van der Waals surface area contributed by atoms with Crippen LogP contribution < -0.4 is 11.1 Å². The number of thiophene rings is 1. The highest BCUT2D eigenvalue weighted by Gasteiger charge is 2.13. The summed E-state index contributed by atoms with van der Waals surface area (Å²) in [6, 6.07) is 9.49. The normalized spacial score (nSPS) is 10.8. The molecule has 0 radical (unpaired) electrons. The summed E-state index contributed by atoms with van der Waals surface area (Å²) in [5.41, 5.74) is 7.30. The Hall–Kier alpha value is -1.92. The summed E-state index contributed by atoms with van der Waals surface area (Å²) >= 11 is 2.85. The molecule has 0 fully saturated rings.